The van der Waals surface area contributed by atoms with Crippen LogP contribution in [0.15, 0.2) is 24.8 Å². The first-order valence-electron chi connectivity index (χ1n) is 8.49. The Bertz CT molecular complexity index is 720. The van der Waals surface area contributed by atoms with E-state index in [-0.39, 0.29) is 5.97 Å². The molecule has 1 aliphatic rings. The second kappa shape index (κ2) is 7.03. The smallest absolute Gasteiger partial charge is 0.356 e. The van der Waals surface area contributed by atoms with Crippen molar-refractivity contribution in [1.29, 1.82) is 0 Å². The number of unbranched alkanes of at least 4 members (excludes halogenated alkanes) is 1. The number of anilines is 1. The monoisotopic (exact) mass is 328 g/mol. The normalized spacial score (nSPS) is 13.8. The van der Waals surface area contributed by atoms with Crippen LogP contribution in [0.2, 0.25) is 0 Å². The van der Waals surface area contributed by atoms with Crippen LogP contribution in [0.5, 0.6) is 0 Å². The van der Waals surface area contributed by atoms with E-state index in [0.29, 0.717) is 18.2 Å². The van der Waals surface area contributed by atoms with Crippen molar-refractivity contribution in [3.63, 3.8) is 0 Å². The minimum Gasteiger partial charge on any atom is -0.461 e. The molecule has 0 amide bonds. The number of carbonyl (C=O) groups excluding carboxylic acids is 1. The summed E-state index contributed by atoms with van der Waals surface area (Å²) in [5.74, 6) is 0.215. The quantitative estimate of drug-likeness (QED) is 0.577. The third-order valence-electron chi connectivity index (χ3n) is 4.16. The number of rotatable bonds is 7. The van der Waals surface area contributed by atoms with Crippen LogP contribution in [0.25, 0.3) is 5.69 Å². The molecule has 6 nitrogen and oxygen atoms in total. The Morgan fingerprint density at radius 1 is 1.38 bits per heavy atom. The van der Waals surface area contributed by atoms with Crippen LogP contribution in [0, 0.1) is 0 Å². The van der Waals surface area contributed by atoms with Crippen molar-refractivity contribution in [2.45, 2.75) is 38.5 Å². The molecule has 0 aromatic carbocycles. The summed E-state index contributed by atoms with van der Waals surface area (Å²) < 4.78 is 7.24. The highest BCUT2D eigenvalue weighted by Crippen LogP contribution is 2.39. The zero-order valence-corrected chi connectivity index (χ0v) is 14.5. The summed E-state index contributed by atoms with van der Waals surface area (Å²) in [6, 6.07) is 1.78. The predicted molar refractivity (Wildman–Crippen MR) is 92.9 cm³/mol. The molecule has 0 aliphatic heterocycles. The molecule has 1 saturated carbocycles. The number of esters is 1. The number of carbonyl (C=O) groups is 1. The van der Waals surface area contributed by atoms with E-state index < -0.39 is 0 Å². The maximum atomic E-state index is 12.2. The van der Waals surface area contributed by atoms with Gasteiger partial charge in [0.1, 0.15) is 0 Å². The van der Waals surface area contributed by atoms with E-state index in [1.165, 1.54) is 12.8 Å². The highest BCUT2D eigenvalue weighted by atomic mass is 16.5. The summed E-state index contributed by atoms with van der Waals surface area (Å²) in [5.41, 5.74) is 3.26. The van der Waals surface area contributed by atoms with Crippen molar-refractivity contribution < 1.29 is 9.53 Å². The first-order valence-corrected chi connectivity index (χ1v) is 8.49. The van der Waals surface area contributed by atoms with Crippen LogP contribution in [0.1, 0.15) is 54.7 Å². The summed E-state index contributed by atoms with van der Waals surface area (Å²) >= 11 is 0. The Morgan fingerprint density at radius 2 is 2.17 bits per heavy atom. The number of hydrogen-bond donors (Lipinski definition) is 0. The van der Waals surface area contributed by atoms with Gasteiger partial charge < -0.3 is 14.2 Å². The Morgan fingerprint density at radius 3 is 2.83 bits per heavy atom. The summed E-state index contributed by atoms with van der Waals surface area (Å²) in [6.45, 7) is 2.49. The molecule has 0 bridgehead atoms. The number of imidazole rings is 1. The number of nitrogens with zero attached hydrogens (tertiary/aromatic N) is 4. The van der Waals surface area contributed by atoms with Crippen molar-refractivity contribution in [2.75, 3.05) is 25.6 Å². The average molecular weight is 328 g/mol. The van der Waals surface area contributed by atoms with Crippen LogP contribution in [-0.4, -0.2) is 41.2 Å². The van der Waals surface area contributed by atoms with E-state index in [4.69, 9.17) is 4.74 Å². The molecular weight excluding hydrogens is 304 g/mol. The molecule has 0 saturated heterocycles. The fourth-order valence-corrected chi connectivity index (χ4v) is 2.54. The third kappa shape index (κ3) is 3.58. The van der Waals surface area contributed by atoms with Gasteiger partial charge in [-0.15, -0.1) is 0 Å². The summed E-state index contributed by atoms with van der Waals surface area (Å²) in [5, 5.41) is 0. The van der Waals surface area contributed by atoms with Crippen molar-refractivity contribution >= 4 is 11.7 Å². The fourth-order valence-electron chi connectivity index (χ4n) is 2.54. The molecule has 2 aromatic heterocycles. The van der Waals surface area contributed by atoms with Gasteiger partial charge in [0.25, 0.3) is 0 Å². The molecule has 1 aliphatic carbocycles. The maximum absolute atomic E-state index is 12.2. The second-order valence-corrected chi connectivity index (χ2v) is 6.42. The molecule has 0 N–H and O–H groups in total. The Labute approximate surface area is 142 Å². The zero-order chi connectivity index (χ0) is 17.1. The summed E-state index contributed by atoms with van der Waals surface area (Å²) in [6.07, 6.45) is 9.84. The highest BCUT2D eigenvalue weighted by molar-refractivity contribution is 5.88. The van der Waals surface area contributed by atoms with Gasteiger partial charge >= 0.3 is 5.97 Å². The molecule has 2 heterocycles. The SMILES string of the molecule is CCCCOC(=O)c1cc(-n2cnc(C3CC3)c2)c(N(C)C)cn1. The minimum absolute atomic E-state index is 0.327. The predicted octanol–water partition coefficient (Wildman–Crippen LogP) is 3.17. The Hall–Kier alpha value is -2.37. The van der Waals surface area contributed by atoms with Gasteiger partial charge in [0.2, 0.25) is 0 Å². The van der Waals surface area contributed by atoms with Crippen molar-refractivity contribution in [1.82, 2.24) is 14.5 Å². The van der Waals surface area contributed by atoms with Crippen LogP contribution >= 0.6 is 0 Å². The van der Waals surface area contributed by atoms with E-state index >= 15 is 0 Å². The van der Waals surface area contributed by atoms with Crippen LogP contribution in [0.4, 0.5) is 5.69 Å². The van der Waals surface area contributed by atoms with E-state index in [9.17, 15) is 4.79 Å². The van der Waals surface area contributed by atoms with E-state index in [1.807, 2.05) is 36.1 Å². The van der Waals surface area contributed by atoms with Gasteiger partial charge in [0.05, 0.1) is 36.2 Å². The van der Waals surface area contributed by atoms with E-state index in [1.54, 1.807) is 12.3 Å². The largest absolute Gasteiger partial charge is 0.461 e. The van der Waals surface area contributed by atoms with Gasteiger partial charge in [-0.2, -0.15) is 0 Å². The number of hydrogen-bond acceptors (Lipinski definition) is 5. The van der Waals surface area contributed by atoms with Gasteiger partial charge in [-0.05, 0) is 25.3 Å². The van der Waals surface area contributed by atoms with Crippen molar-refractivity contribution in [2.24, 2.45) is 0 Å². The van der Waals surface area contributed by atoms with Crippen molar-refractivity contribution in [3.8, 4) is 5.69 Å². The van der Waals surface area contributed by atoms with E-state index in [2.05, 4.69) is 16.9 Å². The molecule has 0 atom stereocenters. The minimum atomic E-state index is -0.377. The Balaban J connectivity index is 1.89. The second-order valence-electron chi connectivity index (χ2n) is 6.42. The lowest BCUT2D eigenvalue weighted by Gasteiger charge is -2.18. The molecular formula is C18H24N4O2. The van der Waals surface area contributed by atoms with E-state index in [0.717, 1.165) is 29.9 Å². The lowest BCUT2D eigenvalue weighted by molar-refractivity contribution is 0.0493. The molecule has 24 heavy (non-hydrogen) atoms. The Kier molecular flexibility index (Phi) is 4.83. The average Bonchev–Trinajstić information content (AvgIpc) is 3.31. The lowest BCUT2D eigenvalue weighted by Crippen LogP contribution is -2.15. The van der Waals surface area contributed by atoms with Gasteiger partial charge in [-0.25, -0.2) is 14.8 Å². The number of ether oxygens (including phenoxy) is 1. The molecule has 0 spiro atoms. The van der Waals surface area contributed by atoms with Crippen LogP contribution in [0.3, 0.4) is 0 Å². The first kappa shape index (κ1) is 16.5. The van der Waals surface area contributed by atoms with Gasteiger partial charge in [-0.1, -0.05) is 13.3 Å². The standard InChI is InChI=1S/C18H24N4O2/c1-4-5-8-24-18(23)14-9-16(17(10-19-14)21(2)3)22-11-15(20-12-22)13-6-7-13/h9-13H,4-8H2,1-3H3. The molecule has 128 valence electrons. The summed E-state index contributed by atoms with van der Waals surface area (Å²) in [4.78, 5) is 22.9. The van der Waals surface area contributed by atoms with Crippen molar-refractivity contribution in [3.05, 3.63) is 36.2 Å². The fraction of sp³-hybridized carbons (Fsp3) is 0.500. The molecule has 0 unspecified atom stereocenters. The van der Waals surface area contributed by atoms with Gasteiger partial charge in [0.15, 0.2) is 5.69 Å². The molecule has 2 aromatic rings. The zero-order valence-electron chi connectivity index (χ0n) is 14.5. The molecule has 1 fully saturated rings. The van der Waals surface area contributed by atoms with Gasteiger partial charge in [0, 0.05) is 26.2 Å². The number of aromatic nitrogens is 3. The molecule has 6 heteroatoms. The van der Waals surface area contributed by atoms with Crippen LogP contribution < -0.4 is 4.90 Å². The topological polar surface area (TPSA) is 60.3 Å². The molecule has 3 rings (SSSR count). The van der Waals surface area contributed by atoms with Gasteiger partial charge in [-0.3, -0.25) is 0 Å². The van der Waals surface area contributed by atoms with Crippen LogP contribution in [-0.2, 0) is 4.74 Å². The first-order chi connectivity index (χ1) is 11.6. The third-order valence-corrected chi connectivity index (χ3v) is 4.16. The lowest BCUT2D eigenvalue weighted by atomic mass is 10.2. The summed E-state index contributed by atoms with van der Waals surface area (Å²) in [7, 11) is 3.91. The highest BCUT2D eigenvalue weighted by Gasteiger charge is 2.26. The number of pyridine rings is 1. The molecule has 0 radical (unpaired) electrons. The maximum Gasteiger partial charge on any atom is 0.356 e.